The van der Waals surface area contributed by atoms with E-state index in [1.54, 1.807) is 13.0 Å². The van der Waals surface area contributed by atoms with E-state index >= 15 is 0 Å². The third-order valence-corrected chi connectivity index (χ3v) is 6.83. The minimum Gasteiger partial charge on any atom is -0.493 e. The van der Waals surface area contributed by atoms with Crippen LogP contribution in [0.15, 0.2) is 64.5 Å². The maximum Gasteiger partial charge on any atom is 0.264 e. The lowest BCUT2D eigenvalue weighted by molar-refractivity contribution is 0.354. The van der Waals surface area contributed by atoms with Crippen molar-refractivity contribution in [3.8, 4) is 11.5 Å². The number of nitrogens with one attached hydrogen (secondary N) is 2. The average molecular weight is 465 g/mol. The van der Waals surface area contributed by atoms with E-state index in [2.05, 4.69) is 19.4 Å². The fourth-order valence-electron chi connectivity index (χ4n) is 2.58. The zero-order valence-corrected chi connectivity index (χ0v) is 18.5. The van der Waals surface area contributed by atoms with E-state index in [0.29, 0.717) is 11.4 Å². The van der Waals surface area contributed by atoms with Gasteiger partial charge in [-0.05, 0) is 49.4 Å². The summed E-state index contributed by atoms with van der Waals surface area (Å²) in [6.45, 7) is 1.71. The molecule has 1 aromatic heterocycles. The molecule has 0 unspecified atom stereocenters. The number of sulfonamides is 2. The Morgan fingerprint density at radius 2 is 1.39 bits per heavy atom. The van der Waals surface area contributed by atoms with Crippen molar-refractivity contribution < 1.29 is 26.3 Å². The summed E-state index contributed by atoms with van der Waals surface area (Å²) in [7, 11) is -5.04. The molecule has 0 spiro atoms. The predicted molar refractivity (Wildman–Crippen MR) is 114 cm³/mol. The molecule has 164 valence electrons. The number of aromatic nitrogens is 2. The highest BCUT2D eigenvalue weighted by Crippen LogP contribution is 2.30. The fraction of sp³-hybridized carbons (Fsp3) is 0.158. The second-order valence-corrected chi connectivity index (χ2v) is 9.64. The highest BCUT2D eigenvalue weighted by atomic mass is 32.2. The van der Waals surface area contributed by atoms with Crippen molar-refractivity contribution in [3.05, 3.63) is 60.4 Å². The summed E-state index contributed by atoms with van der Waals surface area (Å²) in [5, 5.41) is 0. The first-order chi connectivity index (χ1) is 14.6. The van der Waals surface area contributed by atoms with E-state index < -0.39 is 20.0 Å². The number of anilines is 2. The molecule has 0 fully saturated rings. The number of methoxy groups -OCH3 is 2. The molecule has 3 rings (SSSR count). The van der Waals surface area contributed by atoms with Crippen LogP contribution in [0.4, 0.5) is 11.6 Å². The average Bonchev–Trinajstić information content (AvgIpc) is 2.73. The minimum absolute atomic E-state index is 0.0416. The van der Waals surface area contributed by atoms with Crippen LogP contribution >= 0.6 is 0 Å². The molecule has 0 atom stereocenters. The fourth-order valence-corrected chi connectivity index (χ4v) is 4.60. The Hall–Kier alpha value is -3.38. The molecule has 0 saturated carbocycles. The number of hydrogen-bond acceptors (Lipinski definition) is 8. The number of ether oxygens (including phenoxy) is 2. The van der Waals surface area contributed by atoms with Gasteiger partial charge in [-0.15, -0.1) is 0 Å². The van der Waals surface area contributed by atoms with Crippen LogP contribution in [0, 0.1) is 6.92 Å². The third kappa shape index (κ3) is 5.22. The van der Waals surface area contributed by atoms with E-state index in [1.165, 1.54) is 62.9 Å². The van der Waals surface area contributed by atoms with Gasteiger partial charge in [0.1, 0.15) is 0 Å². The molecule has 0 aliphatic rings. The Balaban J connectivity index is 1.80. The molecule has 0 bridgehead atoms. The van der Waals surface area contributed by atoms with Crippen molar-refractivity contribution >= 4 is 31.7 Å². The Labute approximate surface area is 180 Å². The molecular weight excluding hydrogens is 444 g/mol. The molecule has 2 aromatic carbocycles. The van der Waals surface area contributed by atoms with Crippen molar-refractivity contribution in [2.24, 2.45) is 0 Å². The summed E-state index contributed by atoms with van der Waals surface area (Å²) < 4.78 is 65.3. The van der Waals surface area contributed by atoms with Gasteiger partial charge in [0.25, 0.3) is 20.0 Å². The van der Waals surface area contributed by atoms with E-state index in [-0.39, 0.29) is 27.2 Å². The van der Waals surface area contributed by atoms with Crippen LogP contribution in [0.5, 0.6) is 11.5 Å². The minimum atomic E-state index is -3.94. The van der Waals surface area contributed by atoms with Gasteiger partial charge < -0.3 is 9.47 Å². The van der Waals surface area contributed by atoms with Gasteiger partial charge in [0.05, 0.1) is 24.0 Å². The third-order valence-electron chi connectivity index (χ3n) is 4.10. The summed E-state index contributed by atoms with van der Waals surface area (Å²) in [6.07, 6.45) is 1.44. The number of nitrogens with zero attached hydrogens (tertiary/aromatic N) is 2. The topological polar surface area (TPSA) is 137 Å². The first-order valence-corrected chi connectivity index (χ1v) is 11.8. The van der Waals surface area contributed by atoms with E-state index in [0.717, 1.165) is 0 Å². The van der Waals surface area contributed by atoms with Crippen molar-refractivity contribution in [2.75, 3.05) is 23.7 Å². The molecule has 0 aliphatic heterocycles. The second kappa shape index (κ2) is 8.78. The number of rotatable bonds is 8. The lowest BCUT2D eigenvalue weighted by Gasteiger charge is -2.12. The zero-order valence-electron chi connectivity index (χ0n) is 16.9. The van der Waals surface area contributed by atoms with Gasteiger partial charge >= 0.3 is 0 Å². The van der Waals surface area contributed by atoms with Crippen molar-refractivity contribution in [2.45, 2.75) is 16.7 Å². The van der Waals surface area contributed by atoms with E-state index in [1.807, 2.05) is 0 Å². The first-order valence-electron chi connectivity index (χ1n) is 8.82. The maximum atomic E-state index is 12.7. The van der Waals surface area contributed by atoms with Crippen LogP contribution in [0.1, 0.15) is 5.69 Å². The van der Waals surface area contributed by atoms with Crippen LogP contribution in [0.25, 0.3) is 0 Å². The monoisotopic (exact) mass is 464 g/mol. The highest BCUT2D eigenvalue weighted by Gasteiger charge is 2.19. The summed E-state index contributed by atoms with van der Waals surface area (Å²) in [5.41, 5.74) is 0.785. The zero-order chi connectivity index (χ0) is 22.6. The second-order valence-electron chi connectivity index (χ2n) is 6.27. The summed E-state index contributed by atoms with van der Waals surface area (Å²) in [5.74, 6) is 0.593. The van der Waals surface area contributed by atoms with Gasteiger partial charge in [0.2, 0.25) is 5.95 Å². The number of benzene rings is 2. The molecule has 1 heterocycles. The molecule has 10 nitrogen and oxygen atoms in total. The summed E-state index contributed by atoms with van der Waals surface area (Å²) in [4.78, 5) is 7.74. The van der Waals surface area contributed by atoms with Gasteiger partial charge in [0, 0.05) is 23.6 Å². The van der Waals surface area contributed by atoms with Crippen molar-refractivity contribution in [3.63, 3.8) is 0 Å². The number of hydrogen-bond donors (Lipinski definition) is 2. The van der Waals surface area contributed by atoms with Gasteiger partial charge in [0.15, 0.2) is 11.5 Å². The van der Waals surface area contributed by atoms with Crippen LogP contribution in [-0.4, -0.2) is 41.0 Å². The summed E-state index contributed by atoms with van der Waals surface area (Å²) in [6, 6.07) is 11.0. The predicted octanol–water partition coefficient (Wildman–Crippen LogP) is 2.40. The van der Waals surface area contributed by atoms with Gasteiger partial charge in [-0.1, -0.05) is 0 Å². The molecular formula is C19H20N4O6S2. The van der Waals surface area contributed by atoms with Crippen molar-refractivity contribution in [1.82, 2.24) is 9.97 Å². The maximum absolute atomic E-state index is 12.7. The van der Waals surface area contributed by atoms with E-state index in [4.69, 9.17) is 9.47 Å². The van der Waals surface area contributed by atoms with Gasteiger partial charge in [-0.25, -0.2) is 31.5 Å². The molecule has 0 amide bonds. The molecule has 31 heavy (non-hydrogen) atoms. The van der Waals surface area contributed by atoms with Crippen LogP contribution in [0.2, 0.25) is 0 Å². The quantitative estimate of drug-likeness (QED) is 0.519. The first kappa shape index (κ1) is 22.3. The molecule has 3 aromatic rings. The molecule has 12 heteroatoms. The molecule has 0 aliphatic carbocycles. The Bertz CT molecular complexity index is 1290. The van der Waals surface area contributed by atoms with Crippen LogP contribution in [-0.2, 0) is 20.0 Å². The van der Waals surface area contributed by atoms with Crippen LogP contribution < -0.4 is 18.9 Å². The Morgan fingerprint density at radius 1 is 0.774 bits per heavy atom. The largest absolute Gasteiger partial charge is 0.493 e. The molecule has 2 N–H and O–H groups in total. The van der Waals surface area contributed by atoms with Crippen molar-refractivity contribution in [1.29, 1.82) is 0 Å². The lowest BCUT2D eigenvalue weighted by Crippen LogP contribution is -2.16. The highest BCUT2D eigenvalue weighted by molar-refractivity contribution is 7.93. The Kier molecular flexibility index (Phi) is 6.32. The molecule has 0 radical (unpaired) electrons. The number of aryl methyl sites for hydroxylation is 1. The van der Waals surface area contributed by atoms with Gasteiger partial charge in [-0.2, -0.15) is 0 Å². The lowest BCUT2D eigenvalue weighted by atomic mass is 10.3. The Morgan fingerprint density at radius 3 is 2.00 bits per heavy atom. The SMILES string of the molecule is COc1ccc(S(=O)(=O)Nc2ccc(S(=O)(=O)Nc3nccc(C)n3)cc2)cc1OC. The van der Waals surface area contributed by atoms with E-state index in [9.17, 15) is 16.8 Å². The molecule has 0 saturated heterocycles. The smallest absolute Gasteiger partial charge is 0.264 e. The summed E-state index contributed by atoms with van der Waals surface area (Å²) >= 11 is 0. The normalized spacial score (nSPS) is 11.6. The standard InChI is InChI=1S/C19H20N4O6S2/c1-13-10-11-20-19(21-13)23-30(24,25)15-6-4-14(5-7-15)22-31(26,27)16-8-9-17(28-2)18(12-16)29-3/h4-12,22H,1-3H3,(H,20,21,23). The van der Waals surface area contributed by atoms with Gasteiger partial charge in [-0.3, -0.25) is 4.72 Å². The van der Waals surface area contributed by atoms with Crippen LogP contribution in [0.3, 0.4) is 0 Å².